The third-order valence-electron chi connectivity index (χ3n) is 6.88. The molecule has 8 heteroatoms. The van der Waals surface area contributed by atoms with E-state index >= 15 is 0 Å². The quantitative estimate of drug-likeness (QED) is 0.356. The van der Waals surface area contributed by atoms with Gasteiger partial charge in [-0.3, -0.25) is 15.1 Å². The van der Waals surface area contributed by atoms with Gasteiger partial charge < -0.3 is 14.4 Å². The second-order valence-electron chi connectivity index (χ2n) is 8.70. The number of fused-ring (bicyclic) bond motifs is 5. The number of aryl methyl sites for hydroxylation is 1. The molecule has 0 spiro atoms. The fourth-order valence-electron chi connectivity index (χ4n) is 5.06. The molecule has 0 radical (unpaired) electrons. The molecule has 1 atom stereocenters. The van der Waals surface area contributed by atoms with Crippen molar-refractivity contribution in [2.75, 3.05) is 11.6 Å². The molecule has 1 aromatic carbocycles. The molecule has 0 unspecified atom stereocenters. The van der Waals surface area contributed by atoms with Crippen LogP contribution in [0.2, 0.25) is 0 Å². The van der Waals surface area contributed by atoms with E-state index in [1.165, 1.54) is 5.06 Å². The van der Waals surface area contributed by atoms with E-state index in [1.54, 1.807) is 17.6 Å². The van der Waals surface area contributed by atoms with Crippen LogP contribution < -0.4 is 10.6 Å². The van der Waals surface area contributed by atoms with Crippen LogP contribution in [-0.4, -0.2) is 32.4 Å². The smallest absolute Gasteiger partial charge is 0.343 e. The molecule has 33 heavy (non-hydrogen) atoms. The van der Waals surface area contributed by atoms with Gasteiger partial charge in [0, 0.05) is 23.1 Å². The van der Waals surface area contributed by atoms with Crippen molar-refractivity contribution in [1.82, 2.24) is 9.55 Å². The Labute approximate surface area is 191 Å². The van der Waals surface area contributed by atoms with Gasteiger partial charge in [0.05, 0.1) is 34.7 Å². The molecule has 2 N–H and O–H groups in total. The Morgan fingerprint density at radius 1 is 1.18 bits per heavy atom. The van der Waals surface area contributed by atoms with Gasteiger partial charge in [-0.25, -0.2) is 9.78 Å². The SMILES string of the molecule is CCCN(O)c1ccc2nc3c(c(CC)c2c1)Cn1c-3cc2c(c1=O)COC(=O)[C@]2(O)CC. The molecule has 172 valence electrons. The summed E-state index contributed by atoms with van der Waals surface area (Å²) in [6.45, 7) is 6.50. The highest BCUT2D eigenvalue weighted by Gasteiger charge is 2.45. The second-order valence-corrected chi connectivity index (χ2v) is 8.70. The molecular weight excluding hydrogens is 422 g/mol. The van der Waals surface area contributed by atoms with Crippen molar-refractivity contribution < 1.29 is 19.8 Å². The zero-order valence-electron chi connectivity index (χ0n) is 19.0. The summed E-state index contributed by atoms with van der Waals surface area (Å²) in [5, 5.41) is 23.5. The summed E-state index contributed by atoms with van der Waals surface area (Å²) in [5.74, 6) is -0.728. The number of anilines is 1. The molecule has 0 fully saturated rings. The Hall–Kier alpha value is -3.23. The highest BCUT2D eigenvalue weighted by atomic mass is 16.6. The monoisotopic (exact) mass is 449 g/mol. The average molecular weight is 450 g/mol. The Morgan fingerprint density at radius 3 is 2.67 bits per heavy atom. The number of cyclic esters (lactones) is 1. The number of carbonyl (C=O) groups is 1. The van der Waals surface area contributed by atoms with Crippen molar-refractivity contribution in [3.05, 3.63) is 56.9 Å². The summed E-state index contributed by atoms with van der Waals surface area (Å²) >= 11 is 0. The number of carbonyl (C=O) groups excluding carboxylic acids is 1. The van der Waals surface area contributed by atoms with Crippen LogP contribution in [-0.2, 0) is 34.7 Å². The van der Waals surface area contributed by atoms with Gasteiger partial charge in [-0.2, -0.15) is 0 Å². The number of pyridine rings is 2. The van der Waals surface area contributed by atoms with E-state index in [2.05, 4.69) is 6.92 Å². The van der Waals surface area contributed by atoms with Crippen molar-refractivity contribution in [3.8, 4) is 11.4 Å². The van der Waals surface area contributed by atoms with Gasteiger partial charge in [-0.15, -0.1) is 0 Å². The lowest BCUT2D eigenvalue weighted by molar-refractivity contribution is -0.172. The number of esters is 1. The number of benzene rings is 1. The first-order chi connectivity index (χ1) is 15.8. The summed E-state index contributed by atoms with van der Waals surface area (Å²) in [6.07, 6.45) is 1.65. The fraction of sp³-hybridized carbons (Fsp3) is 0.400. The van der Waals surface area contributed by atoms with Crippen LogP contribution in [0.4, 0.5) is 5.69 Å². The first-order valence-corrected chi connectivity index (χ1v) is 11.4. The van der Waals surface area contributed by atoms with E-state index in [9.17, 15) is 19.9 Å². The van der Waals surface area contributed by atoms with Crippen LogP contribution in [0.15, 0.2) is 29.1 Å². The molecule has 0 aliphatic carbocycles. The van der Waals surface area contributed by atoms with E-state index in [1.807, 2.05) is 25.1 Å². The molecule has 0 bridgehead atoms. The third kappa shape index (κ3) is 3.01. The summed E-state index contributed by atoms with van der Waals surface area (Å²) in [7, 11) is 0. The van der Waals surface area contributed by atoms with E-state index < -0.39 is 11.6 Å². The largest absolute Gasteiger partial charge is 0.458 e. The Morgan fingerprint density at radius 2 is 1.97 bits per heavy atom. The molecule has 2 aliphatic heterocycles. The minimum atomic E-state index is -1.84. The number of aliphatic hydroxyl groups is 1. The highest BCUT2D eigenvalue weighted by Crippen LogP contribution is 2.40. The summed E-state index contributed by atoms with van der Waals surface area (Å²) in [5.41, 5.74) is 3.31. The number of hydroxylamine groups is 1. The maximum atomic E-state index is 13.4. The molecule has 0 saturated carbocycles. The third-order valence-corrected chi connectivity index (χ3v) is 6.88. The minimum absolute atomic E-state index is 0.109. The van der Waals surface area contributed by atoms with Gasteiger partial charge in [0.2, 0.25) is 0 Å². The second kappa shape index (κ2) is 7.67. The molecule has 3 aromatic rings. The van der Waals surface area contributed by atoms with Gasteiger partial charge in [0.1, 0.15) is 6.61 Å². The van der Waals surface area contributed by atoms with Crippen molar-refractivity contribution >= 4 is 22.6 Å². The number of aromatic nitrogens is 2. The molecular formula is C25H27N3O5. The highest BCUT2D eigenvalue weighted by molar-refractivity contribution is 5.91. The van der Waals surface area contributed by atoms with Crippen LogP contribution in [0.1, 0.15) is 55.9 Å². The maximum absolute atomic E-state index is 13.4. The number of ether oxygens (including phenoxy) is 1. The number of hydrogen-bond acceptors (Lipinski definition) is 7. The van der Waals surface area contributed by atoms with Gasteiger partial charge in [0.15, 0.2) is 5.60 Å². The summed E-state index contributed by atoms with van der Waals surface area (Å²) in [6, 6.07) is 7.38. The van der Waals surface area contributed by atoms with Crippen LogP contribution in [0.25, 0.3) is 22.3 Å². The number of nitrogens with zero attached hydrogens (tertiary/aromatic N) is 3. The molecule has 2 aromatic heterocycles. The Balaban J connectivity index is 1.74. The van der Waals surface area contributed by atoms with Crippen molar-refractivity contribution in [2.24, 2.45) is 0 Å². The Kier molecular flexibility index (Phi) is 5.02. The van der Waals surface area contributed by atoms with E-state index in [0.717, 1.165) is 34.9 Å². The van der Waals surface area contributed by atoms with E-state index in [0.29, 0.717) is 41.3 Å². The average Bonchev–Trinajstić information content (AvgIpc) is 3.18. The normalized spacial score (nSPS) is 18.6. The number of hydrogen-bond donors (Lipinski definition) is 2. The predicted octanol–water partition coefficient (Wildman–Crippen LogP) is 3.25. The first kappa shape index (κ1) is 21.6. The van der Waals surface area contributed by atoms with Gasteiger partial charge in [-0.05, 0) is 49.1 Å². The Bertz CT molecular complexity index is 1360. The van der Waals surface area contributed by atoms with Crippen LogP contribution in [0.3, 0.4) is 0 Å². The molecule has 0 saturated heterocycles. The van der Waals surface area contributed by atoms with Gasteiger partial charge in [0.25, 0.3) is 5.56 Å². The zero-order chi connectivity index (χ0) is 23.5. The van der Waals surface area contributed by atoms with Gasteiger partial charge >= 0.3 is 5.97 Å². The minimum Gasteiger partial charge on any atom is -0.458 e. The lowest BCUT2D eigenvalue weighted by Gasteiger charge is -2.31. The standard InChI is InChI=1S/C25H27N3O5/c1-4-9-28(32)14-7-8-20-16(10-14)15(5-2)17-12-27-21(22(17)26-20)11-19-18(23(27)29)13-33-24(30)25(19,31)6-3/h7-8,10-11,31-32H,4-6,9,12-13H2,1-3H3/t25-/m0/s1. The van der Waals surface area contributed by atoms with Crippen LogP contribution in [0.5, 0.6) is 0 Å². The summed E-state index contributed by atoms with van der Waals surface area (Å²) < 4.78 is 6.80. The maximum Gasteiger partial charge on any atom is 0.343 e. The predicted molar refractivity (Wildman–Crippen MR) is 123 cm³/mol. The fourth-order valence-corrected chi connectivity index (χ4v) is 5.06. The molecule has 0 amide bonds. The number of rotatable bonds is 5. The summed E-state index contributed by atoms with van der Waals surface area (Å²) in [4.78, 5) is 30.6. The lowest BCUT2D eigenvalue weighted by atomic mass is 9.86. The topological polar surface area (TPSA) is 105 Å². The molecule has 2 aliphatic rings. The molecule has 4 heterocycles. The van der Waals surface area contributed by atoms with Crippen molar-refractivity contribution in [1.29, 1.82) is 0 Å². The lowest BCUT2D eigenvalue weighted by Crippen LogP contribution is -2.44. The van der Waals surface area contributed by atoms with Crippen molar-refractivity contribution in [2.45, 2.75) is 58.8 Å². The van der Waals surface area contributed by atoms with Gasteiger partial charge in [-0.1, -0.05) is 20.8 Å². The first-order valence-electron chi connectivity index (χ1n) is 11.4. The van der Waals surface area contributed by atoms with E-state index in [4.69, 9.17) is 9.72 Å². The van der Waals surface area contributed by atoms with Crippen LogP contribution >= 0.6 is 0 Å². The van der Waals surface area contributed by atoms with E-state index in [-0.39, 0.29) is 18.6 Å². The molecule has 8 nitrogen and oxygen atoms in total. The zero-order valence-corrected chi connectivity index (χ0v) is 19.0. The van der Waals surface area contributed by atoms with Crippen molar-refractivity contribution in [3.63, 3.8) is 0 Å². The van der Waals surface area contributed by atoms with Crippen LogP contribution in [0, 0.1) is 0 Å². The molecule has 5 rings (SSSR count).